The Morgan fingerprint density at radius 1 is 1.30 bits per heavy atom. The number of esters is 1. The van der Waals surface area contributed by atoms with Crippen LogP contribution in [0, 0.1) is 0 Å². The molecule has 3 N–H and O–H groups in total. The van der Waals surface area contributed by atoms with Crippen molar-refractivity contribution < 1.29 is 23.9 Å². The highest BCUT2D eigenvalue weighted by Crippen LogP contribution is 2.16. The molecule has 0 fully saturated rings. The second-order valence-corrected chi connectivity index (χ2v) is 4.17. The van der Waals surface area contributed by atoms with Crippen molar-refractivity contribution in [1.29, 1.82) is 0 Å². The minimum Gasteiger partial charge on any atom is -0.479 e. The first-order valence-corrected chi connectivity index (χ1v) is 5.94. The molecule has 20 heavy (non-hydrogen) atoms. The van der Waals surface area contributed by atoms with E-state index in [4.69, 9.17) is 22.1 Å². The zero-order valence-electron chi connectivity index (χ0n) is 10.6. The SMILES string of the molecule is C[C@@H](Oc1ccc(Cl)cc1)C(=O)OCC(=O)NC(N)=O. The molecule has 1 aromatic carbocycles. The van der Waals surface area contributed by atoms with Crippen LogP contribution in [0.25, 0.3) is 0 Å². The van der Waals surface area contributed by atoms with Crippen LogP contribution in [0.3, 0.4) is 0 Å². The van der Waals surface area contributed by atoms with Gasteiger partial charge in [0.2, 0.25) is 0 Å². The third kappa shape index (κ3) is 5.57. The van der Waals surface area contributed by atoms with Crippen molar-refractivity contribution in [3.05, 3.63) is 29.3 Å². The highest BCUT2D eigenvalue weighted by Gasteiger charge is 2.18. The van der Waals surface area contributed by atoms with E-state index < -0.39 is 30.6 Å². The van der Waals surface area contributed by atoms with Gasteiger partial charge in [-0.3, -0.25) is 10.1 Å². The molecule has 0 aliphatic carbocycles. The van der Waals surface area contributed by atoms with Crippen LogP contribution in [-0.4, -0.2) is 30.6 Å². The Morgan fingerprint density at radius 2 is 1.90 bits per heavy atom. The second kappa shape index (κ2) is 7.34. The van der Waals surface area contributed by atoms with Gasteiger partial charge in [-0.15, -0.1) is 0 Å². The number of halogens is 1. The molecule has 0 spiro atoms. The van der Waals surface area contributed by atoms with Crippen LogP contribution in [0.5, 0.6) is 5.75 Å². The highest BCUT2D eigenvalue weighted by atomic mass is 35.5. The third-order valence-electron chi connectivity index (χ3n) is 2.07. The van der Waals surface area contributed by atoms with Crippen LogP contribution in [0.2, 0.25) is 5.02 Å². The number of imide groups is 1. The minimum atomic E-state index is -1.02. The van der Waals surface area contributed by atoms with Gasteiger partial charge in [0.1, 0.15) is 5.75 Å². The Balaban J connectivity index is 2.41. The molecular weight excluding hydrogens is 288 g/mol. The van der Waals surface area contributed by atoms with Gasteiger partial charge in [-0.05, 0) is 31.2 Å². The average Bonchev–Trinajstić information content (AvgIpc) is 2.37. The summed E-state index contributed by atoms with van der Waals surface area (Å²) in [5.74, 6) is -1.13. The van der Waals surface area contributed by atoms with Gasteiger partial charge in [0.25, 0.3) is 5.91 Å². The van der Waals surface area contributed by atoms with Gasteiger partial charge in [-0.2, -0.15) is 0 Å². The lowest BCUT2D eigenvalue weighted by atomic mass is 10.3. The molecule has 0 aromatic heterocycles. The van der Waals surface area contributed by atoms with Gasteiger partial charge in [-0.1, -0.05) is 11.6 Å². The Kier molecular flexibility index (Phi) is 5.79. The van der Waals surface area contributed by atoms with E-state index in [9.17, 15) is 14.4 Å². The zero-order chi connectivity index (χ0) is 15.1. The number of urea groups is 1. The van der Waals surface area contributed by atoms with Crippen molar-refractivity contribution in [2.45, 2.75) is 13.0 Å². The summed E-state index contributed by atoms with van der Waals surface area (Å²) < 4.78 is 9.94. The summed E-state index contributed by atoms with van der Waals surface area (Å²) in [5.41, 5.74) is 4.73. The molecular formula is C12H13ClN2O5. The molecule has 0 aliphatic heterocycles. The number of nitrogens with two attached hydrogens (primary N) is 1. The summed E-state index contributed by atoms with van der Waals surface area (Å²) in [6.45, 7) is 0.846. The lowest BCUT2D eigenvalue weighted by Crippen LogP contribution is -2.39. The smallest absolute Gasteiger partial charge is 0.347 e. The first kappa shape index (κ1) is 15.8. The maximum Gasteiger partial charge on any atom is 0.347 e. The molecule has 0 saturated heterocycles. The van der Waals surface area contributed by atoms with E-state index in [2.05, 4.69) is 4.74 Å². The average molecular weight is 301 g/mol. The van der Waals surface area contributed by atoms with Crippen molar-refractivity contribution in [3.63, 3.8) is 0 Å². The van der Waals surface area contributed by atoms with E-state index in [1.165, 1.54) is 6.92 Å². The first-order chi connectivity index (χ1) is 9.38. The fourth-order valence-electron chi connectivity index (χ4n) is 1.19. The molecule has 0 unspecified atom stereocenters. The summed E-state index contributed by atoms with van der Waals surface area (Å²) in [6.07, 6.45) is -0.919. The van der Waals surface area contributed by atoms with Gasteiger partial charge in [0, 0.05) is 5.02 Å². The molecule has 0 aliphatic rings. The van der Waals surface area contributed by atoms with Crippen molar-refractivity contribution in [1.82, 2.24) is 5.32 Å². The van der Waals surface area contributed by atoms with Crippen molar-refractivity contribution in [2.24, 2.45) is 5.73 Å². The molecule has 1 atom stereocenters. The summed E-state index contributed by atoms with van der Waals surface area (Å²) in [6, 6.07) is 5.37. The number of ether oxygens (including phenoxy) is 2. The van der Waals surface area contributed by atoms with E-state index in [1.54, 1.807) is 29.6 Å². The molecule has 8 heteroatoms. The van der Waals surface area contributed by atoms with Gasteiger partial charge in [0.15, 0.2) is 12.7 Å². The molecule has 1 rings (SSSR count). The van der Waals surface area contributed by atoms with Crippen molar-refractivity contribution in [2.75, 3.05) is 6.61 Å². The maximum atomic E-state index is 11.5. The monoisotopic (exact) mass is 300 g/mol. The molecule has 0 saturated carbocycles. The van der Waals surface area contributed by atoms with Gasteiger partial charge in [0.05, 0.1) is 0 Å². The van der Waals surface area contributed by atoms with E-state index in [1.807, 2.05) is 0 Å². The molecule has 3 amide bonds. The molecule has 108 valence electrons. The Bertz CT molecular complexity index is 503. The molecule has 0 heterocycles. The fraction of sp³-hybridized carbons (Fsp3) is 0.250. The maximum absolute atomic E-state index is 11.5. The second-order valence-electron chi connectivity index (χ2n) is 3.73. The largest absolute Gasteiger partial charge is 0.479 e. The topological polar surface area (TPSA) is 108 Å². The van der Waals surface area contributed by atoms with Crippen LogP contribution in [-0.2, 0) is 14.3 Å². The molecule has 7 nitrogen and oxygen atoms in total. The summed E-state index contributed by atoms with van der Waals surface area (Å²) in [5, 5.41) is 2.30. The number of carbonyl (C=O) groups is 3. The zero-order valence-corrected chi connectivity index (χ0v) is 11.3. The Hall–Kier alpha value is -2.28. The van der Waals surface area contributed by atoms with Crippen LogP contribution < -0.4 is 15.8 Å². The predicted octanol–water partition coefficient (Wildman–Crippen LogP) is 0.845. The minimum absolute atomic E-state index is 0.431. The standard InChI is InChI=1S/C12H13ClN2O5/c1-7(20-9-4-2-8(13)3-5-9)11(17)19-6-10(16)15-12(14)18/h2-5,7H,6H2,1H3,(H3,14,15,16,18)/t7-/m1/s1. The van der Waals surface area contributed by atoms with E-state index in [0.717, 1.165) is 0 Å². The summed E-state index contributed by atoms with van der Waals surface area (Å²) in [7, 11) is 0. The predicted molar refractivity (Wildman–Crippen MR) is 70.2 cm³/mol. The van der Waals surface area contributed by atoms with Crippen LogP contribution in [0.15, 0.2) is 24.3 Å². The Morgan fingerprint density at radius 3 is 2.45 bits per heavy atom. The number of benzene rings is 1. The molecule has 0 radical (unpaired) electrons. The normalized spacial score (nSPS) is 11.3. The number of nitrogens with one attached hydrogen (secondary N) is 1. The fourth-order valence-corrected chi connectivity index (χ4v) is 1.32. The van der Waals surface area contributed by atoms with Gasteiger partial charge < -0.3 is 15.2 Å². The quantitative estimate of drug-likeness (QED) is 0.784. The number of hydrogen-bond acceptors (Lipinski definition) is 5. The van der Waals surface area contributed by atoms with Crippen LogP contribution in [0.1, 0.15) is 6.92 Å². The number of hydrogen-bond donors (Lipinski definition) is 2. The lowest BCUT2D eigenvalue weighted by Gasteiger charge is -2.13. The number of amides is 3. The number of rotatable bonds is 5. The van der Waals surface area contributed by atoms with Gasteiger partial charge >= 0.3 is 12.0 Å². The van der Waals surface area contributed by atoms with Crippen molar-refractivity contribution in [3.8, 4) is 5.75 Å². The van der Waals surface area contributed by atoms with Crippen LogP contribution >= 0.6 is 11.6 Å². The molecule has 0 bridgehead atoms. The number of carbonyl (C=O) groups excluding carboxylic acids is 3. The summed E-state index contributed by atoms with van der Waals surface area (Å²) in [4.78, 5) is 32.9. The van der Waals surface area contributed by atoms with E-state index >= 15 is 0 Å². The summed E-state index contributed by atoms with van der Waals surface area (Å²) >= 11 is 5.71. The van der Waals surface area contributed by atoms with E-state index in [-0.39, 0.29) is 0 Å². The lowest BCUT2D eigenvalue weighted by molar-refractivity contribution is -0.154. The van der Waals surface area contributed by atoms with E-state index in [0.29, 0.717) is 10.8 Å². The first-order valence-electron chi connectivity index (χ1n) is 5.56. The van der Waals surface area contributed by atoms with Crippen molar-refractivity contribution >= 4 is 29.5 Å². The Labute approximate surface area is 120 Å². The van der Waals surface area contributed by atoms with Gasteiger partial charge in [-0.25, -0.2) is 9.59 Å². The highest BCUT2D eigenvalue weighted by molar-refractivity contribution is 6.30. The number of primary amides is 1. The van der Waals surface area contributed by atoms with Crippen LogP contribution in [0.4, 0.5) is 4.79 Å². The molecule has 1 aromatic rings. The third-order valence-corrected chi connectivity index (χ3v) is 2.32.